The van der Waals surface area contributed by atoms with E-state index in [0.29, 0.717) is 6.61 Å². The van der Waals surface area contributed by atoms with Crippen molar-refractivity contribution in [3.05, 3.63) is 64.4 Å². The average Bonchev–Trinajstić information content (AvgIpc) is 2.49. The molecule has 0 aliphatic carbocycles. The van der Waals surface area contributed by atoms with Crippen LogP contribution in [0, 0.1) is 5.82 Å². The van der Waals surface area contributed by atoms with Gasteiger partial charge in [0.05, 0.1) is 17.7 Å². The second kappa shape index (κ2) is 7.43. The topological polar surface area (TPSA) is 21.3 Å². The lowest BCUT2D eigenvalue weighted by molar-refractivity contribution is 0.340. The van der Waals surface area contributed by atoms with Gasteiger partial charge in [-0.05, 0) is 48.9 Å². The van der Waals surface area contributed by atoms with Crippen molar-refractivity contribution in [2.24, 2.45) is 0 Å². The Labute approximate surface area is 129 Å². The average molecular weight is 308 g/mol. The molecule has 21 heavy (non-hydrogen) atoms. The standard InChI is InChI=1S/C17H19ClFNO/c1-3-20-17(13-7-10-15(18)16(19)11-13)12-5-8-14(9-6-12)21-4-2/h5-11,17,20H,3-4H2,1-2H3. The molecule has 1 atom stereocenters. The second-order valence-corrected chi connectivity index (χ2v) is 5.07. The van der Waals surface area contributed by atoms with Crippen LogP contribution in [0.5, 0.6) is 5.75 Å². The van der Waals surface area contributed by atoms with E-state index in [9.17, 15) is 4.39 Å². The molecule has 0 radical (unpaired) electrons. The summed E-state index contributed by atoms with van der Waals surface area (Å²) in [4.78, 5) is 0. The SMILES string of the molecule is CCNC(c1ccc(OCC)cc1)c1ccc(Cl)c(F)c1. The molecule has 0 saturated heterocycles. The first-order valence-corrected chi connectivity index (χ1v) is 7.44. The van der Waals surface area contributed by atoms with Crippen LogP contribution >= 0.6 is 11.6 Å². The molecule has 0 amide bonds. The molecule has 4 heteroatoms. The van der Waals surface area contributed by atoms with Gasteiger partial charge in [0, 0.05) is 0 Å². The summed E-state index contributed by atoms with van der Waals surface area (Å²) in [6.45, 7) is 5.39. The molecule has 1 N–H and O–H groups in total. The van der Waals surface area contributed by atoms with E-state index in [2.05, 4.69) is 5.32 Å². The smallest absolute Gasteiger partial charge is 0.142 e. The van der Waals surface area contributed by atoms with Crippen molar-refractivity contribution in [3.63, 3.8) is 0 Å². The van der Waals surface area contributed by atoms with E-state index in [-0.39, 0.29) is 11.1 Å². The molecule has 0 aliphatic rings. The fourth-order valence-electron chi connectivity index (χ4n) is 2.25. The van der Waals surface area contributed by atoms with E-state index in [0.717, 1.165) is 23.4 Å². The molecule has 0 spiro atoms. The minimum absolute atomic E-state index is 0.0718. The number of nitrogens with one attached hydrogen (secondary N) is 1. The third-order valence-electron chi connectivity index (χ3n) is 3.21. The molecule has 0 bridgehead atoms. The Balaban J connectivity index is 2.31. The van der Waals surface area contributed by atoms with Gasteiger partial charge in [0.1, 0.15) is 11.6 Å². The normalized spacial score (nSPS) is 12.2. The van der Waals surface area contributed by atoms with Crippen molar-refractivity contribution in [2.45, 2.75) is 19.9 Å². The molecule has 2 nitrogen and oxygen atoms in total. The lowest BCUT2D eigenvalue weighted by Crippen LogP contribution is -2.22. The molecule has 0 aliphatic heterocycles. The lowest BCUT2D eigenvalue weighted by Gasteiger charge is -2.19. The van der Waals surface area contributed by atoms with E-state index in [4.69, 9.17) is 16.3 Å². The highest BCUT2D eigenvalue weighted by Gasteiger charge is 2.14. The molecule has 2 rings (SSSR count). The van der Waals surface area contributed by atoms with Gasteiger partial charge in [0.15, 0.2) is 0 Å². The van der Waals surface area contributed by atoms with Crippen LogP contribution in [0.25, 0.3) is 0 Å². The number of ether oxygens (including phenoxy) is 1. The van der Waals surface area contributed by atoms with E-state index in [1.165, 1.54) is 6.07 Å². The summed E-state index contributed by atoms with van der Waals surface area (Å²) in [5, 5.41) is 3.50. The summed E-state index contributed by atoms with van der Waals surface area (Å²) in [6.07, 6.45) is 0. The summed E-state index contributed by atoms with van der Waals surface area (Å²) in [7, 11) is 0. The van der Waals surface area contributed by atoms with Crippen LogP contribution in [0.4, 0.5) is 4.39 Å². The third-order valence-corrected chi connectivity index (χ3v) is 3.52. The van der Waals surface area contributed by atoms with Crippen molar-refractivity contribution in [1.82, 2.24) is 5.32 Å². The van der Waals surface area contributed by atoms with Gasteiger partial charge in [-0.15, -0.1) is 0 Å². The highest BCUT2D eigenvalue weighted by Crippen LogP contribution is 2.26. The van der Waals surface area contributed by atoms with Crippen LogP contribution in [0.2, 0.25) is 5.02 Å². The third kappa shape index (κ3) is 3.96. The number of benzene rings is 2. The van der Waals surface area contributed by atoms with Gasteiger partial charge in [0.25, 0.3) is 0 Å². The van der Waals surface area contributed by atoms with E-state index in [1.807, 2.05) is 44.2 Å². The molecule has 0 fully saturated rings. The first kappa shape index (κ1) is 15.8. The molecule has 0 aromatic heterocycles. The zero-order chi connectivity index (χ0) is 15.2. The molecule has 0 saturated carbocycles. The van der Waals surface area contributed by atoms with Gasteiger partial charge < -0.3 is 10.1 Å². The fraction of sp³-hybridized carbons (Fsp3) is 0.294. The molecule has 2 aromatic rings. The Hall–Kier alpha value is -1.58. The van der Waals surface area contributed by atoms with Crippen LogP contribution in [0.1, 0.15) is 31.0 Å². The van der Waals surface area contributed by atoms with E-state index < -0.39 is 5.82 Å². The van der Waals surface area contributed by atoms with Gasteiger partial charge in [-0.25, -0.2) is 4.39 Å². The Morgan fingerprint density at radius 1 is 1.10 bits per heavy atom. The number of hydrogen-bond acceptors (Lipinski definition) is 2. The summed E-state index contributed by atoms with van der Waals surface area (Å²) in [6, 6.07) is 12.7. The van der Waals surface area contributed by atoms with E-state index in [1.54, 1.807) is 6.07 Å². The van der Waals surface area contributed by atoms with Gasteiger partial charge in [-0.1, -0.05) is 36.7 Å². The predicted octanol–water partition coefficient (Wildman–Crippen LogP) is 4.58. The monoisotopic (exact) mass is 307 g/mol. The van der Waals surface area contributed by atoms with Crippen LogP contribution in [0.3, 0.4) is 0 Å². The maximum absolute atomic E-state index is 13.7. The van der Waals surface area contributed by atoms with Crippen molar-refractivity contribution in [2.75, 3.05) is 13.2 Å². The summed E-state index contributed by atoms with van der Waals surface area (Å²) in [5.41, 5.74) is 1.91. The highest BCUT2D eigenvalue weighted by atomic mass is 35.5. The largest absolute Gasteiger partial charge is 0.494 e. The Bertz CT molecular complexity index is 586. The van der Waals surface area contributed by atoms with Gasteiger partial charge in [-0.2, -0.15) is 0 Å². The molecule has 0 heterocycles. The zero-order valence-electron chi connectivity index (χ0n) is 12.2. The zero-order valence-corrected chi connectivity index (χ0v) is 13.0. The maximum Gasteiger partial charge on any atom is 0.142 e. The quantitative estimate of drug-likeness (QED) is 0.843. The summed E-state index contributed by atoms with van der Waals surface area (Å²) < 4.78 is 19.1. The van der Waals surface area contributed by atoms with Crippen LogP contribution < -0.4 is 10.1 Å². The minimum Gasteiger partial charge on any atom is -0.494 e. The first-order chi connectivity index (χ1) is 10.2. The molecule has 1 unspecified atom stereocenters. The number of hydrogen-bond donors (Lipinski definition) is 1. The molecule has 2 aromatic carbocycles. The van der Waals surface area contributed by atoms with Crippen molar-refractivity contribution in [3.8, 4) is 5.75 Å². The molecular weight excluding hydrogens is 289 g/mol. The summed E-state index contributed by atoms with van der Waals surface area (Å²) in [5.74, 6) is 0.432. The predicted molar refractivity (Wildman–Crippen MR) is 84.5 cm³/mol. The van der Waals surface area contributed by atoms with Gasteiger partial charge in [0.2, 0.25) is 0 Å². The van der Waals surface area contributed by atoms with Crippen molar-refractivity contribution < 1.29 is 9.13 Å². The first-order valence-electron chi connectivity index (χ1n) is 7.06. The number of rotatable bonds is 6. The number of halogens is 2. The Morgan fingerprint density at radius 3 is 2.33 bits per heavy atom. The summed E-state index contributed by atoms with van der Waals surface area (Å²) >= 11 is 5.75. The van der Waals surface area contributed by atoms with Crippen molar-refractivity contribution in [1.29, 1.82) is 0 Å². The second-order valence-electron chi connectivity index (χ2n) is 4.67. The van der Waals surface area contributed by atoms with Crippen molar-refractivity contribution >= 4 is 11.6 Å². The fourth-order valence-corrected chi connectivity index (χ4v) is 2.36. The van der Waals surface area contributed by atoms with Crippen LogP contribution in [-0.2, 0) is 0 Å². The molecular formula is C17H19ClFNO. The lowest BCUT2D eigenvalue weighted by atomic mass is 9.98. The highest BCUT2D eigenvalue weighted by molar-refractivity contribution is 6.30. The minimum atomic E-state index is -0.400. The maximum atomic E-state index is 13.7. The van der Waals surface area contributed by atoms with Crippen LogP contribution in [0.15, 0.2) is 42.5 Å². The van der Waals surface area contributed by atoms with Crippen LogP contribution in [-0.4, -0.2) is 13.2 Å². The van der Waals surface area contributed by atoms with Gasteiger partial charge in [-0.3, -0.25) is 0 Å². The Kier molecular flexibility index (Phi) is 5.59. The van der Waals surface area contributed by atoms with E-state index >= 15 is 0 Å². The molecule has 112 valence electrons. The Morgan fingerprint density at radius 2 is 1.76 bits per heavy atom. The van der Waals surface area contributed by atoms with Gasteiger partial charge >= 0.3 is 0 Å².